The molecule has 0 aromatic rings. The lowest BCUT2D eigenvalue weighted by Gasteiger charge is -2.26. The first-order valence-electron chi connectivity index (χ1n) is 12.1. The minimum Gasteiger partial charge on any atom is -0.481 e. The summed E-state index contributed by atoms with van der Waals surface area (Å²) in [6, 6.07) is -5.11. The van der Waals surface area contributed by atoms with E-state index in [-0.39, 0.29) is 38.2 Å². The Kier molecular flexibility index (Phi) is 15.7. The van der Waals surface area contributed by atoms with Crippen LogP contribution in [-0.4, -0.2) is 82.5 Å². The highest BCUT2D eigenvalue weighted by Gasteiger charge is 2.32. The zero-order valence-corrected chi connectivity index (χ0v) is 21.6. The van der Waals surface area contributed by atoms with E-state index >= 15 is 0 Å². The fraction of sp³-hybridized carbons (Fsp3) is 0.682. The van der Waals surface area contributed by atoms with Gasteiger partial charge >= 0.3 is 11.9 Å². The number of carboxylic acid groups (broad SMARTS) is 2. The summed E-state index contributed by atoms with van der Waals surface area (Å²) in [4.78, 5) is 76.2. The maximum Gasteiger partial charge on any atom is 0.326 e. The van der Waals surface area contributed by atoms with E-state index < -0.39 is 72.1 Å². The van der Waals surface area contributed by atoms with Crippen molar-refractivity contribution in [3.63, 3.8) is 0 Å². The third-order valence-corrected chi connectivity index (χ3v) is 5.67. The Hall–Kier alpha value is -3.95. The minimum absolute atomic E-state index is 0.119. The van der Waals surface area contributed by atoms with Crippen molar-refractivity contribution >= 4 is 41.5 Å². The van der Waals surface area contributed by atoms with Gasteiger partial charge in [-0.1, -0.05) is 20.3 Å². The lowest BCUT2D eigenvalue weighted by Crippen LogP contribution is -2.57. The van der Waals surface area contributed by atoms with Crippen molar-refractivity contribution in [1.29, 1.82) is 0 Å². The van der Waals surface area contributed by atoms with Crippen LogP contribution in [0.25, 0.3) is 0 Å². The molecule has 5 atom stereocenters. The van der Waals surface area contributed by atoms with Crippen molar-refractivity contribution in [2.45, 2.75) is 83.0 Å². The van der Waals surface area contributed by atoms with Crippen molar-refractivity contribution < 1.29 is 39.0 Å². The number of hydrogen-bond acceptors (Lipinski definition) is 8. The van der Waals surface area contributed by atoms with Gasteiger partial charge in [0, 0.05) is 19.4 Å². The summed E-state index contributed by atoms with van der Waals surface area (Å²) in [6.07, 6.45) is -0.438. The highest BCUT2D eigenvalue weighted by molar-refractivity contribution is 5.94. The number of carboxylic acids is 2. The molecule has 0 fully saturated rings. The van der Waals surface area contributed by atoms with Crippen molar-refractivity contribution in [3.05, 3.63) is 0 Å². The summed E-state index contributed by atoms with van der Waals surface area (Å²) in [5, 5.41) is 25.6. The Labute approximate surface area is 220 Å². The third kappa shape index (κ3) is 14.0. The molecule has 16 nitrogen and oxygen atoms in total. The molecule has 0 bridgehead atoms. The van der Waals surface area contributed by atoms with Crippen LogP contribution < -0.4 is 38.9 Å². The zero-order valence-electron chi connectivity index (χ0n) is 21.6. The summed E-state index contributed by atoms with van der Waals surface area (Å²) in [5.74, 6) is -6.42. The Morgan fingerprint density at radius 1 is 0.816 bits per heavy atom. The number of carbonyl (C=O) groups excluding carboxylic acids is 4. The highest BCUT2D eigenvalue weighted by atomic mass is 16.4. The normalized spacial score (nSPS) is 14.6. The minimum atomic E-state index is -1.44. The van der Waals surface area contributed by atoms with Crippen LogP contribution in [0, 0.1) is 5.92 Å². The monoisotopic (exact) mass is 544 g/mol. The molecule has 0 rings (SSSR count). The zero-order chi connectivity index (χ0) is 29.4. The van der Waals surface area contributed by atoms with Gasteiger partial charge in [-0.05, 0) is 31.6 Å². The lowest BCUT2D eigenvalue weighted by molar-refractivity contribution is -0.144. The second kappa shape index (κ2) is 17.5. The van der Waals surface area contributed by atoms with E-state index in [0.29, 0.717) is 12.8 Å². The van der Waals surface area contributed by atoms with Gasteiger partial charge in [-0.25, -0.2) is 4.79 Å². The van der Waals surface area contributed by atoms with Gasteiger partial charge in [0.25, 0.3) is 0 Å². The molecule has 0 aromatic carbocycles. The molecule has 0 heterocycles. The lowest BCUT2D eigenvalue weighted by atomic mass is 9.98. The number of nitrogens with zero attached hydrogens (tertiary/aromatic N) is 1. The van der Waals surface area contributed by atoms with E-state index in [2.05, 4.69) is 20.9 Å². The van der Waals surface area contributed by atoms with Gasteiger partial charge in [-0.3, -0.25) is 29.0 Å². The number of guanidine groups is 1. The molecule has 38 heavy (non-hydrogen) atoms. The van der Waals surface area contributed by atoms with Gasteiger partial charge in [0.15, 0.2) is 5.96 Å². The number of amides is 4. The standard InChI is InChI=1S/C22H40N8O8/c1-3-11(2)17(21(37)38)30-20(36)14(7-9-16(32)33)29-19(35)13(6-8-15(24)31)28-18(34)12(23)5-4-10-27-22(25)26/h11-14,17H,3-10,23H2,1-2H3,(H2,24,31)(H,28,34)(H,29,35)(H,30,36)(H,32,33)(H,37,38)(H4,25,26,27). The van der Waals surface area contributed by atoms with Gasteiger partial charge in [0.2, 0.25) is 23.6 Å². The molecule has 4 amide bonds. The number of primary amides is 1. The molecular weight excluding hydrogens is 504 g/mol. The molecule has 0 aliphatic heterocycles. The van der Waals surface area contributed by atoms with E-state index in [1.807, 2.05) is 0 Å². The van der Waals surface area contributed by atoms with E-state index in [1.54, 1.807) is 13.8 Å². The fourth-order valence-electron chi connectivity index (χ4n) is 3.23. The highest BCUT2D eigenvalue weighted by Crippen LogP contribution is 2.10. The van der Waals surface area contributed by atoms with Gasteiger partial charge in [-0.2, -0.15) is 0 Å². The third-order valence-electron chi connectivity index (χ3n) is 5.67. The molecule has 13 N–H and O–H groups in total. The number of carbonyl (C=O) groups is 6. The van der Waals surface area contributed by atoms with Crippen molar-refractivity contribution in [2.75, 3.05) is 6.54 Å². The predicted molar refractivity (Wildman–Crippen MR) is 136 cm³/mol. The quantitative estimate of drug-likeness (QED) is 0.0450. The van der Waals surface area contributed by atoms with Crippen LogP contribution in [0.15, 0.2) is 4.99 Å². The van der Waals surface area contributed by atoms with Gasteiger partial charge < -0.3 is 49.1 Å². The maximum atomic E-state index is 13.0. The molecule has 0 saturated heterocycles. The Balaban J connectivity index is 5.60. The molecule has 0 spiro atoms. The average molecular weight is 545 g/mol. The predicted octanol–water partition coefficient (Wildman–Crippen LogP) is -2.92. The summed E-state index contributed by atoms with van der Waals surface area (Å²) in [7, 11) is 0. The summed E-state index contributed by atoms with van der Waals surface area (Å²) >= 11 is 0. The van der Waals surface area contributed by atoms with Crippen molar-refractivity contribution in [2.24, 2.45) is 33.8 Å². The first-order chi connectivity index (χ1) is 17.7. The van der Waals surface area contributed by atoms with Gasteiger partial charge in [0.05, 0.1) is 6.04 Å². The van der Waals surface area contributed by atoms with Crippen LogP contribution in [0.1, 0.15) is 58.8 Å². The second-order valence-electron chi connectivity index (χ2n) is 8.83. The van der Waals surface area contributed by atoms with Crippen molar-refractivity contribution in [1.82, 2.24) is 16.0 Å². The average Bonchev–Trinajstić information content (AvgIpc) is 2.83. The first-order valence-corrected chi connectivity index (χ1v) is 12.1. The number of aliphatic carboxylic acids is 2. The summed E-state index contributed by atoms with van der Waals surface area (Å²) in [6.45, 7) is 3.57. The smallest absolute Gasteiger partial charge is 0.326 e. The van der Waals surface area contributed by atoms with E-state index in [1.165, 1.54) is 0 Å². The van der Waals surface area contributed by atoms with Crippen LogP contribution >= 0.6 is 0 Å². The molecular formula is C22H40N8O8. The molecule has 0 aliphatic rings. The Morgan fingerprint density at radius 3 is 1.82 bits per heavy atom. The first kappa shape index (κ1) is 34.0. The molecule has 216 valence electrons. The van der Waals surface area contributed by atoms with Gasteiger partial charge in [-0.15, -0.1) is 0 Å². The maximum absolute atomic E-state index is 13.0. The van der Waals surface area contributed by atoms with Crippen LogP contribution in [0.3, 0.4) is 0 Å². The topological polar surface area (TPSA) is 295 Å². The van der Waals surface area contributed by atoms with E-state index in [9.17, 15) is 33.9 Å². The van der Waals surface area contributed by atoms with E-state index in [4.69, 9.17) is 28.0 Å². The molecule has 0 aromatic heterocycles. The molecule has 0 aliphatic carbocycles. The largest absolute Gasteiger partial charge is 0.481 e. The second-order valence-corrected chi connectivity index (χ2v) is 8.83. The van der Waals surface area contributed by atoms with Crippen LogP contribution in [0.4, 0.5) is 0 Å². The van der Waals surface area contributed by atoms with E-state index in [0.717, 1.165) is 0 Å². The molecule has 16 heteroatoms. The fourth-order valence-corrected chi connectivity index (χ4v) is 3.23. The molecule has 0 radical (unpaired) electrons. The van der Waals surface area contributed by atoms with Crippen LogP contribution in [-0.2, 0) is 28.8 Å². The Bertz CT molecular complexity index is 877. The molecule has 5 unspecified atom stereocenters. The summed E-state index contributed by atoms with van der Waals surface area (Å²) in [5.41, 5.74) is 21.5. The number of nitrogens with two attached hydrogens (primary N) is 4. The van der Waals surface area contributed by atoms with Crippen LogP contribution in [0.2, 0.25) is 0 Å². The van der Waals surface area contributed by atoms with Crippen LogP contribution in [0.5, 0.6) is 0 Å². The number of hydrogen-bond donors (Lipinski definition) is 9. The Morgan fingerprint density at radius 2 is 1.34 bits per heavy atom. The van der Waals surface area contributed by atoms with Crippen molar-refractivity contribution in [3.8, 4) is 0 Å². The molecule has 0 saturated carbocycles. The SMILES string of the molecule is CCC(C)C(NC(=O)C(CCC(=O)O)NC(=O)C(CCC(N)=O)NC(=O)C(N)CCCN=C(N)N)C(=O)O. The number of nitrogens with one attached hydrogen (secondary N) is 3. The number of aliphatic imine (C=N–C) groups is 1. The number of rotatable bonds is 19. The van der Waals surface area contributed by atoms with Gasteiger partial charge in [0.1, 0.15) is 18.1 Å². The summed E-state index contributed by atoms with van der Waals surface area (Å²) < 4.78 is 0.